The van der Waals surface area contributed by atoms with Gasteiger partial charge in [-0.3, -0.25) is 4.79 Å². The van der Waals surface area contributed by atoms with E-state index >= 15 is 0 Å². The molecule has 7 heteroatoms. The van der Waals surface area contributed by atoms with Crippen molar-refractivity contribution in [1.82, 2.24) is 15.0 Å². The van der Waals surface area contributed by atoms with E-state index in [1.807, 2.05) is 12.1 Å². The second-order valence-electron chi connectivity index (χ2n) is 6.52. The van der Waals surface area contributed by atoms with Crippen LogP contribution in [0.2, 0.25) is 5.02 Å². The number of hydrogen-bond acceptors (Lipinski definition) is 4. The monoisotopic (exact) mass is 385 g/mol. The normalized spacial score (nSPS) is 16.7. The van der Waals surface area contributed by atoms with Crippen molar-refractivity contribution in [3.8, 4) is 11.4 Å². The maximum Gasteiger partial charge on any atom is 0.249 e. The van der Waals surface area contributed by atoms with Gasteiger partial charge in [0.15, 0.2) is 0 Å². The van der Waals surface area contributed by atoms with Crippen LogP contribution in [0.3, 0.4) is 0 Å². The minimum atomic E-state index is -0.346. The number of aromatic nitrogens is 2. The zero-order valence-corrected chi connectivity index (χ0v) is 15.2. The fourth-order valence-corrected chi connectivity index (χ4v) is 3.55. The number of hydrogen-bond donors (Lipinski definition) is 0. The van der Waals surface area contributed by atoms with Crippen LogP contribution < -0.4 is 0 Å². The summed E-state index contributed by atoms with van der Waals surface area (Å²) in [5, 5.41) is 4.62. The first-order valence-corrected chi connectivity index (χ1v) is 9.11. The summed E-state index contributed by atoms with van der Waals surface area (Å²) in [6, 6.07) is 13.0. The predicted molar refractivity (Wildman–Crippen MR) is 98.5 cm³/mol. The second-order valence-corrected chi connectivity index (χ2v) is 6.95. The Kier molecular flexibility index (Phi) is 4.90. The molecule has 138 valence electrons. The fraction of sp³-hybridized carbons (Fsp3) is 0.250. The van der Waals surface area contributed by atoms with Crippen LogP contribution in [-0.2, 0) is 11.2 Å². The Morgan fingerprint density at radius 2 is 2.11 bits per heavy atom. The largest absolute Gasteiger partial charge is 0.337 e. The molecule has 2 heterocycles. The molecule has 27 heavy (non-hydrogen) atoms. The molecule has 2 aromatic carbocycles. The molecule has 1 aromatic heterocycles. The average Bonchev–Trinajstić information content (AvgIpc) is 3.31. The molecule has 0 saturated carbocycles. The molecular formula is C20H17ClFN3O2. The molecule has 5 nitrogen and oxygen atoms in total. The number of halogens is 2. The zero-order chi connectivity index (χ0) is 18.8. The quantitative estimate of drug-likeness (QED) is 0.666. The molecule has 1 amide bonds. The molecule has 1 aliphatic rings. The summed E-state index contributed by atoms with van der Waals surface area (Å²) in [4.78, 5) is 18.9. The van der Waals surface area contributed by atoms with E-state index in [2.05, 4.69) is 10.1 Å². The molecule has 0 unspecified atom stereocenters. The number of carbonyl (C=O) groups is 1. The van der Waals surface area contributed by atoms with Crippen LogP contribution in [0.4, 0.5) is 4.39 Å². The molecule has 1 fully saturated rings. The molecule has 1 atom stereocenters. The summed E-state index contributed by atoms with van der Waals surface area (Å²) in [7, 11) is 0. The van der Waals surface area contributed by atoms with Crippen LogP contribution >= 0.6 is 11.6 Å². The first-order valence-electron chi connectivity index (χ1n) is 8.73. The Morgan fingerprint density at radius 3 is 2.93 bits per heavy atom. The molecule has 3 aromatic rings. The van der Waals surface area contributed by atoms with E-state index in [9.17, 15) is 9.18 Å². The van der Waals surface area contributed by atoms with Crippen molar-refractivity contribution in [2.45, 2.75) is 25.3 Å². The number of nitrogens with zero attached hydrogens (tertiary/aromatic N) is 3. The van der Waals surface area contributed by atoms with Gasteiger partial charge in [0.05, 0.1) is 6.42 Å². The molecule has 0 aliphatic carbocycles. The minimum Gasteiger partial charge on any atom is -0.337 e. The highest BCUT2D eigenvalue weighted by Crippen LogP contribution is 2.32. The highest BCUT2D eigenvalue weighted by Gasteiger charge is 2.34. The molecule has 0 N–H and O–H groups in total. The smallest absolute Gasteiger partial charge is 0.249 e. The SMILES string of the molecule is O=C(Cc1cccc(F)c1)N1CCC[C@H]1c1nc(-c2cccc(Cl)c2)no1. The number of carbonyl (C=O) groups excluding carboxylic acids is 1. The van der Waals surface area contributed by atoms with Gasteiger partial charge in [0.25, 0.3) is 0 Å². The summed E-state index contributed by atoms with van der Waals surface area (Å²) in [6.07, 6.45) is 1.75. The topological polar surface area (TPSA) is 59.2 Å². The van der Waals surface area contributed by atoms with E-state index in [0.29, 0.717) is 28.8 Å². The Labute approximate surface area is 160 Å². The highest BCUT2D eigenvalue weighted by atomic mass is 35.5. The van der Waals surface area contributed by atoms with Crippen LogP contribution in [0.25, 0.3) is 11.4 Å². The van der Waals surface area contributed by atoms with Gasteiger partial charge in [0.2, 0.25) is 17.6 Å². The summed E-state index contributed by atoms with van der Waals surface area (Å²) in [5.41, 5.74) is 1.41. The van der Waals surface area contributed by atoms with Crippen LogP contribution in [0.15, 0.2) is 53.1 Å². The number of rotatable bonds is 4. The number of amides is 1. The Morgan fingerprint density at radius 1 is 1.26 bits per heavy atom. The van der Waals surface area contributed by atoms with Crippen LogP contribution in [0.1, 0.15) is 30.3 Å². The molecular weight excluding hydrogens is 369 g/mol. The third kappa shape index (κ3) is 3.85. The van der Waals surface area contributed by atoms with Gasteiger partial charge in [-0.05, 0) is 42.7 Å². The van der Waals surface area contributed by atoms with Gasteiger partial charge in [-0.2, -0.15) is 4.98 Å². The molecule has 0 radical (unpaired) electrons. The maximum absolute atomic E-state index is 13.4. The van der Waals surface area contributed by atoms with Crippen LogP contribution in [-0.4, -0.2) is 27.5 Å². The summed E-state index contributed by atoms with van der Waals surface area (Å²) < 4.78 is 18.8. The highest BCUT2D eigenvalue weighted by molar-refractivity contribution is 6.30. The van der Waals surface area contributed by atoms with Gasteiger partial charge in [-0.15, -0.1) is 0 Å². The van der Waals surface area contributed by atoms with Gasteiger partial charge in [-0.25, -0.2) is 4.39 Å². The Hall–Kier alpha value is -2.73. The predicted octanol–water partition coefficient (Wildman–Crippen LogP) is 4.44. The first kappa shape index (κ1) is 17.7. The van der Waals surface area contributed by atoms with E-state index in [1.54, 1.807) is 29.2 Å². The minimum absolute atomic E-state index is 0.0781. The maximum atomic E-state index is 13.4. The van der Waals surface area contributed by atoms with Crippen LogP contribution in [0.5, 0.6) is 0 Å². The van der Waals surface area contributed by atoms with E-state index in [-0.39, 0.29) is 24.2 Å². The molecule has 4 rings (SSSR count). The zero-order valence-electron chi connectivity index (χ0n) is 14.4. The lowest BCUT2D eigenvalue weighted by Gasteiger charge is -2.21. The molecule has 0 spiro atoms. The standard InChI is InChI=1S/C20H17ClFN3O2/c21-15-6-2-5-14(12-15)19-23-20(27-24-19)17-8-3-9-25(17)18(26)11-13-4-1-7-16(22)10-13/h1-2,4-7,10,12,17H,3,8-9,11H2/t17-/m0/s1. The first-order chi connectivity index (χ1) is 13.1. The van der Waals surface area contributed by atoms with Crippen molar-refractivity contribution in [2.24, 2.45) is 0 Å². The average molecular weight is 386 g/mol. The van der Waals surface area contributed by atoms with E-state index in [1.165, 1.54) is 12.1 Å². The van der Waals surface area contributed by atoms with Gasteiger partial charge in [-0.1, -0.05) is 41.0 Å². The van der Waals surface area contributed by atoms with Gasteiger partial charge < -0.3 is 9.42 Å². The van der Waals surface area contributed by atoms with E-state index in [0.717, 1.165) is 18.4 Å². The number of benzene rings is 2. The Balaban J connectivity index is 1.52. The second kappa shape index (κ2) is 7.48. The van der Waals surface area contributed by atoms with E-state index in [4.69, 9.17) is 16.1 Å². The lowest BCUT2D eigenvalue weighted by atomic mass is 10.1. The molecule has 1 aliphatic heterocycles. The number of likely N-dealkylation sites (tertiary alicyclic amines) is 1. The third-order valence-corrected chi connectivity index (χ3v) is 4.86. The van der Waals surface area contributed by atoms with Crippen molar-refractivity contribution in [3.63, 3.8) is 0 Å². The van der Waals surface area contributed by atoms with Gasteiger partial charge in [0.1, 0.15) is 11.9 Å². The van der Waals surface area contributed by atoms with Crippen LogP contribution in [0, 0.1) is 5.82 Å². The van der Waals surface area contributed by atoms with Crippen molar-refractivity contribution < 1.29 is 13.7 Å². The van der Waals surface area contributed by atoms with Crippen molar-refractivity contribution in [2.75, 3.05) is 6.54 Å². The van der Waals surface area contributed by atoms with Crippen molar-refractivity contribution >= 4 is 17.5 Å². The lowest BCUT2D eigenvalue weighted by molar-refractivity contribution is -0.131. The van der Waals surface area contributed by atoms with Crippen molar-refractivity contribution in [3.05, 3.63) is 70.8 Å². The fourth-order valence-electron chi connectivity index (χ4n) is 3.36. The summed E-state index contributed by atoms with van der Waals surface area (Å²) in [5.74, 6) is 0.430. The van der Waals surface area contributed by atoms with Crippen molar-refractivity contribution in [1.29, 1.82) is 0 Å². The third-order valence-electron chi connectivity index (χ3n) is 4.63. The molecule has 0 bridgehead atoms. The van der Waals surface area contributed by atoms with Gasteiger partial charge >= 0.3 is 0 Å². The van der Waals surface area contributed by atoms with E-state index < -0.39 is 0 Å². The van der Waals surface area contributed by atoms with Gasteiger partial charge in [0, 0.05) is 17.1 Å². The molecule has 1 saturated heterocycles. The lowest BCUT2D eigenvalue weighted by Crippen LogP contribution is -2.32. The Bertz CT molecular complexity index is 975. The summed E-state index contributed by atoms with van der Waals surface area (Å²) in [6.45, 7) is 0.619. The summed E-state index contributed by atoms with van der Waals surface area (Å²) >= 11 is 6.02.